The Kier molecular flexibility index (Phi) is 4.10. The van der Waals surface area contributed by atoms with Gasteiger partial charge in [0.25, 0.3) is 5.91 Å². The van der Waals surface area contributed by atoms with E-state index in [-0.39, 0.29) is 17.9 Å². The average Bonchev–Trinajstić information content (AvgIpc) is 3.34. The van der Waals surface area contributed by atoms with Gasteiger partial charge in [-0.15, -0.1) is 11.3 Å². The van der Waals surface area contributed by atoms with Crippen molar-refractivity contribution >= 4 is 28.8 Å². The van der Waals surface area contributed by atoms with Crippen LogP contribution < -0.4 is 4.90 Å². The molecule has 0 N–H and O–H groups in total. The number of rotatable bonds is 3. The molecule has 124 valence electrons. The van der Waals surface area contributed by atoms with Gasteiger partial charge in [0.2, 0.25) is 5.91 Å². The topological polar surface area (TPSA) is 40.6 Å². The van der Waals surface area contributed by atoms with Crippen LogP contribution in [-0.2, 0) is 4.79 Å². The van der Waals surface area contributed by atoms with Crippen LogP contribution in [0.4, 0.5) is 5.69 Å². The van der Waals surface area contributed by atoms with Crippen LogP contribution in [0.15, 0.2) is 41.8 Å². The summed E-state index contributed by atoms with van der Waals surface area (Å²) in [5.74, 6) is 0.219. The van der Waals surface area contributed by atoms with Gasteiger partial charge < -0.3 is 9.80 Å². The van der Waals surface area contributed by atoms with E-state index in [0.717, 1.165) is 38.0 Å². The van der Waals surface area contributed by atoms with Crippen molar-refractivity contribution in [2.24, 2.45) is 0 Å². The number of benzene rings is 1. The minimum absolute atomic E-state index is 0.0689. The molecule has 5 heteroatoms. The summed E-state index contributed by atoms with van der Waals surface area (Å²) < 4.78 is 0. The highest BCUT2D eigenvalue weighted by Gasteiger charge is 2.31. The molecule has 3 heterocycles. The number of carbonyl (C=O) groups excluding carboxylic acids is 2. The largest absolute Gasteiger partial charge is 0.331 e. The summed E-state index contributed by atoms with van der Waals surface area (Å²) in [5, 5.41) is 2.07. The summed E-state index contributed by atoms with van der Waals surface area (Å²) >= 11 is 1.71. The zero-order valence-corrected chi connectivity index (χ0v) is 14.3. The summed E-state index contributed by atoms with van der Waals surface area (Å²) in [4.78, 5) is 30.0. The lowest BCUT2D eigenvalue weighted by Gasteiger charge is -2.24. The third kappa shape index (κ3) is 2.73. The number of carbonyl (C=O) groups is 2. The van der Waals surface area contributed by atoms with Crippen LogP contribution in [0.2, 0.25) is 0 Å². The summed E-state index contributed by atoms with van der Waals surface area (Å²) in [6, 6.07) is 11.9. The standard InChI is InChI=1S/C19H20N2O2S/c22-18-9-3-10-20(18)15-6-1-5-14(13-15)19(23)21-11-2-7-16(21)17-8-4-12-24-17/h1,4-6,8,12-13,16H,2-3,7,9-11H2. The molecular formula is C19H20N2O2S. The van der Waals surface area contributed by atoms with Gasteiger partial charge in [-0.05, 0) is 48.9 Å². The number of nitrogens with zero attached hydrogens (tertiary/aromatic N) is 2. The van der Waals surface area contributed by atoms with Gasteiger partial charge in [0, 0.05) is 35.6 Å². The SMILES string of the molecule is O=C1CCCN1c1cccc(C(=O)N2CCCC2c2cccs2)c1. The molecule has 4 rings (SSSR count). The summed E-state index contributed by atoms with van der Waals surface area (Å²) in [6.45, 7) is 1.55. The Hall–Kier alpha value is -2.14. The molecule has 24 heavy (non-hydrogen) atoms. The lowest BCUT2D eigenvalue weighted by atomic mass is 10.1. The second kappa shape index (κ2) is 6.40. The number of amides is 2. The normalized spacial score (nSPS) is 20.8. The minimum Gasteiger partial charge on any atom is -0.331 e. The van der Waals surface area contributed by atoms with Gasteiger partial charge in [-0.3, -0.25) is 9.59 Å². The molecule has 2 saturated heterocycles. The molecule has 0 radical (unpaired) electrons. The zero-order valence-electron chi connectivity index (χ0n) is 13.5. The van der Waals surface area contributed by atoms with Crippen molar-refractivity contribution in [1.29, 1.82) is 0 Å². The molecule has 0 bridgehead atoms. The van der Waals surface area contributed by atoms with E-state index in [1.54, 1.807) is 16.2 Å². The van der Waals surface area contributed by atoms with Gasteiger partial charge in [-0.2, -0.15) is 0 Å². The van der Waals surface area contributed by atoms with E-state index in [1.165, 1.54) is 4.88 Å². The minimum atomic E-state index is 0.0689. The van der Waals surface area contributed by atoms with E-state index in [0.29, 0.717) is 12.0 Å². The van der Waals surface area contributed by atoms with E-state index in [9.17, 15) is 9.59 Å². The second-order valence-electron chi connectivity index (χ2n) is 6.37. The molecule has 1 atom stereocenters. The monoisotopic (exact) mass is 340 g/mol. The van der Waals surface area contributed by atoms with Crippen LogP contribution in [0.1, 0.15) is 47.0 Å². The van der Waals surface area contributed by atoms with Gasteiger partial charge in [0.15, 0.2) is 0 Å². The molecule has 2 aliphatic rings. The maximum absolute atomic E-state index is 13.0. The van der Waals surface area contributed by atoms with E-state index in [4.69, 9.17) is 0 Å². The Bertz CT molecular complexity index is 756. The van der Waals surface area contributed by atoms with E-state index in [1.807, 2.05) is 35.2 Å². The molecule has 0 spiro atoms. The number of hydrogen-bond donors (Lipinski definition) is 0. The van der Waals surface area contributed by atoms with Gasteiger partial charge in [0.05, 0.1) is 6.04 Å². The molecule has 2 aliphatic heterocycles. The lowest BCUT2D eigenvalue weighted by Crippen LogP contribution is -2.30. The molecular weight excluding hydrogens is 320 g/mol. The molecule has 2 aromatic rings. The molecule has 4 nitrogen and oxygen atoms in total. The Balaban J connectivity index is 1.59. The maximum atomic E-state index is 13.0. The van der Waals surface area contributed by atoms with Crippen molar-refractivity contribution in [2.45, 2.75) is 31.7 Å². The van der Waals surface area contributed by atoms with E-state index in [2.05, 4.69) is 11.4 Å². The first-order valence-electron chi connectivity index (χ1n) is 8.49. The molecule has 2 amide bonds. The number of likely N-dealkylation sites (tertiary alicyclic amines) is 1. The Labute approximate surface area is 145 Å². The van der Waals surface area contributed by atoms with Crippen LogP contribution in [0.3, 0.4) is 0 Å². The highest BCUT2D eigenvalue weighted by molar-refractivity contribution is 7.10. The summed E-state index contributed by atoms with van der Waals surface area (Å²) in [5.41, 5.74) is 1.52. The lowest BCUT2D eigenvalue weighted by molar-refractivity contribution is -0.117. The van der Waals surface area contributed by atoms with E-state index >= 15 is 0 Å². The number of anilines is 1. The fourth-order valence-corrected chi connectivity index (χ4v) is 4.55. The third-order valence-corrected chi connectivity index (χ3v) is 5.84. The van der Waals surface area contributed by atoms with E-state index < -0.39 is 0 Å². The fourth-order valence-electron chi connectivity index (χ4n) is 3.68. The maximum Gasteiger partial charge on any atom is 0.254 e. The Morgan fingerprint density at radius 2 is 2.04 bits per heavy atom. The van der Waals surface area contributed by atoms with Crippen molar-refractivity contribution in [3.05, 3.63) is 52.2 Å². The first kappa shape index (κ1) is 15.4. The fraction of sp³-hybridized carbons (Fsp3) is 0.368. The summed E-state index contributed by atoms with van der Waals surface area (Å²) in [6.07, 6.45) is 3.56. The van der Waals surface area contributed by atoms with Crippen LogP contribution in [0, 0.1) is 0 Å². The predicted octanol–water partition coefficient (Wildman–Crippen LogP) is 3.85. The zero-order chi connectivity index (χ0) is 16.5. The molecule has 1 unspecified atom stereocenters. The van der Waals surface area contributed by atoms with Crippen molar-refractivity contribution < 1.29 is 9.59 Å². The quantitative estimate of drug-likeness (QED) is 0.851. The van der Waals surface area contributed by atoms with Crippen LogP contribution in [0.25, 0.3) is 0 Å². The molecule has 1 aromatic heterocycles. The van der Waals surface area contributed by atoms with Gasteiger partial charge in [-0.25, -0.2) is 0 Å². The highest BCUT2D eigenvalue weighted by Crippen LogP contribution is 2.35. The molecule has 2 fully saturated rings. The van der Waals surface area contributed by atoms with Crippen LogP contribution in [-0.4, -0.2) is 29.8 Å². The second-order valence-corrected chi connectivity index (χ2v) is 7.35. The average molecular weight is 340 g/mol. The Morgan fingerprint density at radius 1 is 1.12 bits per heavy atom. The van der Waals surface area contributed by atoms with Crippen LogP contribution in [0.5, 0.6) is 0 Å². The van der Waals surface area contributed by atoms with Crippen molar-refractivity contribution in [2.75, 3.05) is 18.0 Å². The van der Waals surface area contributed by atoms with Gasteiger partial charge in [0.1, 0.15) is 0 Å². The van der Waals surface area contributed by atoms with Crippen molar-refractivity contribution in [3.8, 4) is 0 Å². The predicted molar refractivity (Wildman–Crippen MR) is 95.4 cm³/mol. The summed E-state index contributed by atoms with van der Waals surface area (Å²) in [7, 11) is 0. The van der Waals surface area contributed by atoms with Crippen LogP contribution >= 0.6 is 11.3 Å². The smallest absolute Gasteiger partial charge is 0.254 e. The van der Waals surface area contributed by atoms with Gasteiger partial charge >= 0.3 is 0 Å². The Morgan fingerprint density at radius 3 is 2.79 bits per heavy atom. The number of hydrogen-bond acceptors (Lipinski definition) is 3. The van der Waals surface area contributed by atoms with Gasteiger partial charge in [-0.1, -0.05) is 12.1 Å². The van der Waals surface area contributed by atoms with Crippen molar-refractivity contribution in [1.82, 2.24) is 4.90 Å². The molecule has 1 aromatic carbocycles. The number of thiophene rings is 1. The van der Waals surface area contributed by atoms with Crippen molar-refractivity contribution in [3.63, 3.8) is 0 Å². The molecule has 0 saturated carbocycles. The first-order valence-corrected chi connectivity index (χ1v) is 9.37. The third-order valence-electron chi connectivity index (χ3n) is 4.86. The molecule has 0 aliphatic carbocycles. The first-order chi connectivity index (χ1) is 11.7. The highest BCUT2D eigenvalue weighted by atomic mass is 32.1.